The number of benzene rings is 1. The van der Waals surface area contributed by atoms with Crippen molar-refractivity contribution >= 4 is 22.5 Å². The van der Waals surface area contributed by atoms with Crippen molar-refractivity contribution in [2.75, 3.05) is 5.73 Å². The summed E-state index contributed by atoms with van der Waals surface area (Å²) < 4.78 is 15.1. The summed E-state index contributed by atoms with van der Waals surface area (Å²) in [6, 6.07) is 4.69. The molecule has 0 saturated heterocycles. The average Bonchev–Trinajstić information content (AvgIpc) is 2.65. The summed E-state index contributed by atoms with van der Waals surface area (Å²) in [6.07, 6.45) is 1.48. The first-order valence-electron chi connectivity index (χ1n) is 4.31. The van der Waals surface area contributed by atoms with Crippen LogP contribution in [0, 0.1) is 5.82 Å². The molecule has 0 unspecified atom stereocenters. The fourth-order valence-corrected chi connectivity index (χ4v) is 1.61. The lowest BCUT2D eigenvalue weighted by Gasteiger charge is -2.03. The van der Waals surface area contributed by atoms with Crippen LogP contribution >= 0.6 is 0 Å². The Labute approximate surface area is 83.4 Å². The van der Waals surface area contributed by atoms with Crippen molar-refractivity contribution in [3.63, 3.8) is 0 Å². The zero-order valence-corrected chi connectivity index (χ0v) is 7.55. The standard InChI is InChI=1S/C9H6FN5/c10-5-2-1-3-6-7(5)8(11)13-9-14-12-4-15(6)9/h1-4H,(H2,11,13,14). The van der Waals surface area contributed by atoms with Crippen molar-refractivity contribution < 1.29 is 4.39 Å². The second-order valence-electron chi connectivity index (χ2n) is 3.13. The highest BCUT2D eigenvalue weighted by Gasteiger charge is 2.10. The molecule has 2 N–H and O–H groups in total. The van der Waals surface area contributed by atoms with Gasteiger partial charge in [0.1, 0.15) is 18.0 Å². The van der Waals surface area contributed by atoms with Crippen molar-refractivity contribution in [2.24, 2.45) is 0 Å². The molecule has 3 aromatic rings. The lowest BCUT2D eigenvalue weighted by atomic mass is 10.2. The second kappa shape index (κ2) is 2.63. The molecular formula is C9H6FN5. The SMILES string of the molecule is Nc1nc2nncn2c2cccc(F)c12. The molecule has 0 aliphatic rings. The van der Waals surface area contributed by atoms with Crippen molar-refractivity contribution in [1.29, 1.82) is 0 Å². The van der Waals surface area contributed by atoms with Crippen LogP contribution in [0.5, 0.6) is 0 Å². The molecule has 74 valence electrons. The van der Waals surface area contributed by atoms with Crippen molar-refractivity contribution in [1.82, 2.24) is 19.6 Å². The van der Waals surface area contributed by atoms with Gasteiger partial charge in [0.05, 0.1) is 10.9 Å². The van der Waals surface area contributed by atoms with Gasteiger partial charge in [0.2, 0.25) is 0 Å². The topological polar surface area (TPSA) is 69.1 Å². The molecular weight excluding hydrogens is 197 g/mol. The summed E-state index contributed by atoms with van der Waals surface area (Å²) in [5.74, 6) is 0.0994. The number of halogens is 1. The van der Waals surface area contributed by atoms with E-state index in [0.717, 1.165) is 0 Å². The highest BCUT2D eigenvalue weighted by atomic mass is 19.1. The van der Waals surface area contributed by atoms with Gasteiger partial charge < -0.3 is 5.73 Å². The number of aromatic nitrogens is 4. The molecule has 0 saturated carbocycles. The Morgan fingerprint density at radius 2 is 2.20 bits per heavy atom. The maximum Gasteiger partial charge on any atom is 0.257 e. The molecule has 6 heteroatoms. The summed E-state index contributed by atoms with van der Waals surface area (Å²) in [6.45, 7) is 0. The van der Waals surface area contributed by atoms with Gasteiger partial charge in [0.15, 0.2) is 0 Å². The predicted octanol–water partition coefficient (Wildman–Crippen LogP) is 0.999. The number of nitrogens with zero attached hydrogens (tertiary/aromatic N) is 4. The molecule has 0 bridgehead atoms. The third-order valence-electron chi connectivity index (χ3n) is 2.26. The van der Waals surface area contributed by atoms with Gasteiger partial charge in [-0.25, -0.2) is 4.39 Å². The fourth-order valence-electron chi connectivity index (χ4n) is 1.61. The fraction of sp³-hybridized carbons (Fsp3) is 0. The van der Waals surface area contributed by atoms with E-state index < -0.39 is 5.82 Å². The Balaban J connectivity index is 2.67. The molecule has 0 spiro atoms. The van der Waals surface area contributed by atoms with Crippen LogP contribution in [0.2, 0.25) is 0 Å². The minimum Gasteiger partial charge on any atom is -0.383 e. The number of nitrogens with two attached hydrogens (primary N) is 1. The van der Waals surface area contributed by atoms with Gasteiger partial charge >= 0.3 is 0 Å². The van der Waals surface area contributed by atoms with Crippen LogP contribution in [-0.2, 0) is 0 Å². The minimum absolute atomic E-state index is 0.128. The van der Waals surface area contributed by atoms with E-state index in [1.165, 1.54) is 12.4 Å². The number of anilines is 1. The van der Waals surface area contributed by atoms with Gasteiger partial charge in [-0.1, -0.05) is 6.07 Å². The molecule has 0 aliphatic carbocycles. The van der Waals surface area contributed by atoms with Crippen LogP contribution in [0.25, 0.3) is 16.7 Å². The van der Waals surface area contributed by atoms with Crippen LogP contribution in [0.15, 0.2) is 24.5 Å². The van der Waals surface area contributed by atoms with Crippen LogP contribution < -0.4 is 5.73 Å². The summed E-state index contributed by atoms with van der Waals surface area (Å²) in [4.78, 5) is 3.95. The lowest BCUT2D eigenvalue weighted by molar-refractivity contribution is 0.639. The number of nitrogen functional groups attached to an aromatic ring is 1. The maximum absolute atomic E-state index is 13.5. The molecule has 0 radical (unpaired) electrons. The van der Waals surface area contributed by atoms with E-state index in [9.17, 15) is 4.39 Å². The van der Waals surface area contributed by atoms with Crippen LogP contribution in [0.4, 0.5) is 10.2 Å². The third-order valence-corrected chi connectivity index (χ3v) is 2.26. The van der Waals surface area contributed by atoms with Gasteiger partial charge in [-0.05, 0) is 12.1 Å². The maximum atomic E-state index is 13.5. The Morgan fingerprint density at radius 1 is 1.33 bits per heavy atom. The van der Waals surface area contributed by atoms with E-state index in [0.29, 0.717) is 16.7 Å². The molecule has 0 amide bonds. The molecule has 0 atom stereocenters. The number of hydrogen-bond acceptors (Lipinski definition) is 4. The highest BCUT2D eigenvalue weighted by Crippen LogP contribution is 2.22. The lowest BCUT2D eigenvalue weighted by Crippen LogP contribution is -1.99. The third kappa shape index (κ3) is 0.983. The average molecular weight is 203 g/mol. The van der Waals surface area contributed by atoms with Crippen LogP contribution in [0.1, 0.15) is 0 Å². The number of rotatable bonds is 0. The van der Waals surface area contributed by atoms with E-state index in [4.69, 9.17) is 5.73 Å². The first kappa shape index (κ1) is 8.10. The normalized spacial score (nSPS) is 11.3. The van der Waals surface area contributed by atoms with E-state index in [1.54, 1.807) is 16.5 Å². The Morgan fingerprint density at radius 3 is 3.07 bits per heavy atom. The van der Waals surface area contributed by atoms with Gasteiger partial charge in [-0.3, -0.25) is 4.40 Å². The van der Waals surface area contributed by atoms with Crippen LogP contribution in [-0.4, -0.2) is 19.6 Å². The molecule has 3 rings (SSSR count). The number of hydrogen-bond donors (Lipinski definition) is 1. The zero-order valence-electron chi connectivity index (χ0n) is 7.55. The monoisotopic (exact) mass is 203 g/mol. The van der Waals surface area contributed by atoms with E-state index in [1.807, 2.05) is 0 Å². The van der Waals surface area contributed by atoms with Gasteiger partial charge in [0.25, 0.3) is 5.78 Å². The van der Waals surface area contributed by atoms with Crippen molar-refractivity contribution in [3.8, 4) is 0 Å². The highest BCUT2D eigenvalue weighted by molar-refractivity contribution is 5.90. The first-order chi connectivity index (χ1) is 7.27. The van der Waals surface area contributed by atoms with E-state index >= 15 is 0 Å². The van der Waals surface area contributed by atoms with Crippen LogP contribution in [0.3, 0.4) is 0 Å². The molecule has 0 aliphatic heterocycles. The van der Waals surface area contributed by atoms with Crippen molar-refractivity contribution in [3.05, 3.63) is 30.3 Å². The largest absolute Gasteiger partial charge is 0.383 e. The number of fused-ring (bicyclic) bond motifs is 3. The zero-order chi connectivity index (χ0) is 10.4. The van der Waals surface area contributed by atoms with Gasteiger partial charge in [-0.2, -0.15) is 4.98 Å². The van der Waals surface area contributed by atoms with Gasteiger partial charge in [0, 0.05) is 0 Å². The van der Waals surface area contributed by atoms with E-state index in [2.05, 4.69) is 15.2 Å². The Kier molecular flexibility index (Phi) is 1.42. The smallest absolute Gasteiger partial charge is 0.257 e. The first-order valence-corrected chi connectivity index (χ1v) is 4.31. The Hall–Kier alpha value is -2.24. The molecule has 1 aromatic carbocycles. The minimum atomic E-state index is -0.395. The summed E-state index contributed by atoms with van der Waals surface area (Å²) in [5.41, 5.74) is 6.26. The molecule has 2 aromatic heterocycles. The van der Waals surface area contributed by atoms with E-state index in [-0.39, 0.29) is 5.82 Å². The van der Waals surface area contributed by atoms with Gasteiger partial charge in [-0.15, -0.1) is 10.2 Å². The molecule has 15 heavy (non-hydrogen) atoms. The summed E-state index contributed by atoms with van der Waals surface area (Å²) in [7, 11) is 0. The molecule has 0 fully saturated rings. The second-order valence-corrected chi connectivity index (χ2v) is 3.13. The molecule has 5 nitrogen and oxygen atoms in total. The molecule has 2 heterocycles. The quantitative estimate of drug-likeness (QED) is 0.591. The predicted molar refractivity (Wildman–Crippen MR) is 52.7 cm³/mol. The summed E-state index contributed by atoms with van der Waals surface area (Å²) in [5, 5.41) is 7.75. The summed E-state index contributed by atoms with van der Waals surface area (Å²) >= 11 is 0. The Bertz CT molecular complexity index is 660. The van der Waals surface area contributed by atoms with Crippen molar-refractivity contribution in [2.45, 2.75) is 0 Å².